The van der Waals surface area contributed by atoms with Crippen LogP contribution in [-0.2, 0) is 9.53 Å². The first kappa shape index (κ1) is 19.0. The van der Waals surface area contributed by atoms with Crippen LogP contribution in [0.1, 0.15) is 36.3 Å². The normalized spacial score (nSPS) is 22.7. The van der Waals surface area contributed by atoms with Crippen molar-refractivity contribution in [1.29, 1.82) is 0 Å². The molecule has 7 nitrogen and oxygen atoms in total. The highest BCUT2D eigenvalue weighted by Gasteiger charge is 2.47. The van der Waals surface area contributed by atoms with Gasteiger partial charge in [0.05, 0.1) is 18.4 Å². The third-order valence-electron chi connectivity index (χ3n) is 5.42. The Bertz CT molecular complexity index is 955. The van der Waals surface area contributed by atoms with Crippen molar-refractivity contribution in [3.05, 3.63) is 81.4 Å². The minimum atomic E-state index is -1.01. The lowest BCUT2D eigenvalue weighted by molar-refractivity contribution is -0.530. The number of nitro groups is 1. The van der Waals surface area contributed by atoms with Crippen LogP contribution in [0.25, 0.3) is 0 Å². The van der Waals surface area contributed by atoms with Gasteiger partial charge in [-0.15, -0.1) is 0 Å². The molecule has 2 aromatic rings. The van der Waals surface area contributed by atoms with Crippen LogP contribution in [0.3, 0.4) is 0 Å². The molecule has 0 saturated heterocycles. The Morgan fingerprint density at radius 2 is 1.90 bits per heavy atom. The summed E-state index contributed by atoms with van der Waals surface area (Å²) >= 11 is 0. The van der Waals surface area contributed by atoms with Crippen LogP contribution in [0.5, 0.6) is 11.5 Å². The summed E-state index contributed by atoms with van der Waals surface area (Å²) in [5, 5.41) is 12.3. The van der Waals surface area contributed by atoms with Gasteiger partial charge in [0.1, 0.15) is 0 Å². The molecule has 0 unspecified atom stereocenters. The maximum absolute atomic E-state index is 12.7. The molecule has 2 aliphatic rings. The van der Waals surface area contributed by atoms with E-state index in [9.17, 15) is 14.9 Å². The number of nitrogens with zero attached hydrogens (tertiary/aromatic N) is 1. The van der Waals surface area contributed by atoms with Gasteiger partial charge in [0.25, 0.3) is 0 Å². The van der Waals surface area contributed by atoms with Crippen LogP contribution in [0.15, 0.2) is 60.2 Å². The second kappa shape index (κ2) is 7.95. The van der Waals surface area contributed by atoms with Crippen LogP contribution in [0, 0.1) is 10.1 Å². The molecule has 29 heavy (non-hydrogen) atoms. The maximum atomic E-state index is 12.7. The van der Waals surface area contributed by atoms with Crippen LogP contribution in [-0.4, -0.2) is 30.3 Å². The standard InChI is InChI=1S/C22H21NO6/c1-2-27-22(24)17-10-9-16(14-6-4-3-5-7-14)21(23(25)26)20(17)15-8-11-18-19(12-15)29-13-28-18/h3-8,10-12,16,20-21H,2,9,13H2,1H3/t16-,20-,21+/m0/s1. The largest absolute Gasteiger partial charge is 0.463 e. The second-order valence-electron chi connectivity index (χ2n) is 7.00. The van der Waals surface area contributed by atoms with Crippen molar-refractivity contribution in [3.8, 4) is 11.5 Å². The van der Waals surface area contributed by atoms with E-state index in [1.807, 2.05) is 30.3 Å². The molecular formula is C22H21NO6. The summed E-state index contributed by atoms with van der Waals surface area (Å²) < 4.78 is 16.0. The number of hydrogen-bond acceptors (Lipinski definition) is 6. The fraction of sp³-hybridized carbons (Fsp3) is 0.318. The van der Waals surface area contributed by atoms with Gasteiger partial charge in [-0.2, -0.15) is 0 Å². The van der Waals surface area contributed by atoms with Gasteiger partial charge < -0.3 is 14.2 Å². The Morgan fingerprint density at radius 1 is 1.14 bits per heavy atom. The van der Waals surface area contributed by atoms with E-state index in [-0.39, 0.29) is 24.2 Å². The van der Waals surface area contributed by atoms with Gasteiger partial charge in [0.15, 0.2) is 11.5 Å². The molecule has 0 fully saturated rings. The van der Waals surface area contributed by atoms with Crippen molar-refractivity contribution in [2.75, 3.05) is 13.4 Å². The number of ether oxygens (including phenoxy) is 3. The van der Waals surface area contributed by atoms with E-state index in [0.717, 1.165) is 5.56 Å². The molecule has 1 heterocycles. The molecule has 0 amide bonds. The van der Waals surface area contributed by atoms with Gasteiger partial charge in [-0.25, -0.2) is 4.79 Å². The van der Waals surface area contributed by atoms with Crippen molar-refractivity contribution in [2.45, 2.75) is 31.2 Å². The third-order valence-corrected chi connectivity index (χ3v) is 5.42. The van der Waals surface area contributed by atoms with Crippen molar-refractivity contribution < 1.29 is 23.9 Å². The molecule has 0 saturated carbocycles. The molecule has 3 atom stereocenters. The quantitative estimate of drug-likeness (QED) is 0.434. The van der Waals surface area contributed by atoms with Gasteiger partial charge in [0.2, 0.25) is 12.8 Å². The molecule has 2 aromatic carbocycles. The monoisotopic (exact) mass is 395 g/mol. The number of carbonyl (C=O) groups is 1. The maximum Gasteiger partial charge on any atom is 0.334 e. The molecule has 0 bridgehead atoms. The number of fused-ring (bicyclic) bond motifs is 1. The number of allylic oxidation sites excluding steroid dienone is 1. The Labute approximate surface area is 168 Å². The summed E-state index contributed by atoms with van der Waals surface area (Å²) in [6.07, 6.45) is 2.18. The summed E-state index contributed by atoms with van der Waals surface area (Å²) in [5.41, 5.74) is 1.83. The smallest absolute Gasteiger partial charge is 0.334 e. The third kappa shape index (κ3) is 3.55. The predicted molar refractivity (Wildman–Crippen MR) is 105 cm³/mol. The van der Waals surface area contributed by atoms with Crippen molar-refractivity contribution in [2.24, 2.45) is 0 Å². The Morgan fingerprint density at radius 3 is 2.62 bits per heavy atom. The topological polar surface area (TPSA) is 87.9 Å². The molecule has 0 radical (unpaired) electrons. The summed E-state index contributed by atoms with van der Waals surface area (Å²) in [5.74, 6) is -0.524. The number of benzene rings is 2. The number of rotatable bonds is 5. The van der Waals surface area contributed by atoms with E-state index < -0.39 is 17.9 Å². The molecule has 7 heteroatoms. The average molecular weight is 395 g/mol. The lowest BCUT2D eigenvalue weighted by Crippen LogP contribution is -2.39. The first-order valence-electron chi connectivity index (χ1n) is 9.55. The first-order valence-corrected chi connectivity index (χ1v) is 9.55. The van der Waals surface area contributed by atoms with Gasteiger partial charge >= 0.3 is 5.97 Å². The lowest BCUT2D eigenvalue weighted by Gasteiger charge is -2.32. The molecule has 0 aromatic heterocycles. The first-order chi connectivity index (χ1) is 14.1. The van der Waals surface area contributed by atoms with E-state index in [4.69, 9.17) is 14.2 Å². The second-order valence-corrected chi connectivity index (χ2v) is 7.00. The fourth-order valence-electron chi connectivity index (χ4n) is 4.15. The van der Waals surface area contributed by atoms with Crippen LogP contribution in [0.2, 0.25) is 0 Å². The Balaban J connectivity index is 1.83. The van der Waals surface area contributed by atoms with E-state index in [1.54, 1.807) is 31.2 Å². The highest BCUT2D eigenvalue weighted by atomic mass is 16.7. The van der Waals surface area contributed by atoms with E-state index >= 15 is 0 Å². The molecular weight excluding hydrogens is 374 g/mol. The average Bonchev–Trinajstić information content (AvgIpc) is 3.21. The summed E-state index contributed by atoms with van der Waals surface area (Å²) in [6, 6.07) is 13.6. The zero-order valence-corrected chi connectivity index (χ0v) is 15.9. The predicted octanol–water partition coefficient (Wildman–Crippen LogP) is 3.82. The van der Waals surface area contributed by atoms with E-state index in [0.29, 0.717) is 29.1 Å². The van der Waals surface area contributed by atoms with Crippen LogP contribution < -0.4 is 9.47 Å². The summed E-state index contributed by atoms with van der Waals surface area (Å²) in [6.45, 7) is 2.03. The summed E-state index contributed by atoms with van der Waals surface area (Å²) in [7, 11) is 0. The van der Waals surface area contributed by atoms with Crippen molar-refractivity contribution in [3.63, 3.8) is 0 Å². The Kier molecular flexibility index (Phi) is 5.20. The molecule has 0 N–H and O–H groups in total. The molecule has 0 spiro atoms. The van der Waals surface area contributed by atoms with Gasteiger partial charge in [0, 0.05) is 10.5 Å². The van der Waals surface area contributed by atoms with Crippen molar-refractivity contribution >= 4 is 5.97 Å². The van der Waals surface area contributed by atoms with Crippen LogP contribution >= 0.6 is 0 Å². The van der Waals surface area contributed by atoms with Gasteiger partial charge in [-0.05, 0) is 36.6 Å². The highest BCUT2D eigenvalue weighted by Crippen LogP contribution is 2.45. The summed E-state index contributed by atoms with van der Waals surface area (Å²) in [4.78, 5) is 24.6. The fourth-order valence-corrected chi connectivity index (χ4v) is 4.15. The SMILES string of the molecule is CCOC(=O)C1=CC[C@@H](c2ccccc2)[C@@H]([N+](=O)[O-])[C@H]1c1ccc2c(c1)OCO2. The number of esters is 1. The van der Waals surface area contributed by atoms with Crippen LogP contribution in [0.4, 0.5) is 0 Å². The minimum absolute atomic E-state index is 0.106. The lowest BCUT2D eigenvalue weighted by atomic mass is 9.71. The molecule has 1 aliphatic carbocycles. The number of hydrogen-bond donors (Lipinski definition) is 0. The zero-order chi connectivity index (χ0) is 20.4. The molecule has 4 rings (SSSR count). The minimum Gasteiger partial charge on any atom is -0.463 e. The highest BCUT2D eigenvalue weighted by molar-refractivity contribution is 5.91. The Hall–Kier alpha value is -3.35. The van der Waals surface area contributed by atoms with E-state index in [1.165, 1.54) is 0 Å². The van der Waals surface area contributed by atoms with Gasteiger partial charge in [-0.1, -0.05) is 42.5 Å². The zero-order valence-electron chi connectivity index (χ0n) is 15.9. The van der Waals surface area contributed by atoms with Crippen molar-refractivity contribution in [1.82, 2.24) is 0 Å². The molecule has 1 aliphatic heterocycles. The number of carbonyl (C=O) groups excluding carboxylic acids is 1. The van der Waals surface area contributed by atoms with E-state index in [2.05, 4.69) is 0 Å². The molecule has 150 valence electrons. The van der Waals surface area contributed by atoms with Gasteiger partial charge in [-0.3, -0.25) is 10.1 Å².